The van der Waals surface area contributed by atoms with Crippen LogP contribution in [0.25, 0.3) is 10.9 Å². The van der Waals surface area contributed by atoms with Crippen LogP contribution in [0.15, 0.2) is 54.9 Å². The molecule has 0 radical (unpaired) electrons. The van der Waals surface area contributed by atoms with Crippen molar-refractivity contribution in [2.45, 2.75) is 0 Å². The van der Waals surface area contributed by atoms with Crippen molar-refractivity contribution in [1.82, 2.24) is 9.97 Å². The van der Waals surface area contributed by atoms with Gasteiger partial charge in [0.2, 0.25) is 5.88 Å². The SMILES string of the molecule is c1ccc(Oc2ccc3[nH]ccc3c2)nc1. The third-order valence-electron chi connectivity index (χ3n) is 2.38. The van der Waals surface area contributed by atoms with E-state index >= 15 is 0 Å². The van der Waals surface area contributed by atoms with Crippen LogP contribution in [-0.2, 0) is 0 Å². The first kappa shape index (κ1) is 8.97. The predicted molar refractivity (Wildman–Crippen MR) is 62.6 cm³/mol. The van der Waals surface area contributed by atoms with E-state index in [1.807, 2.05) is 48.7 Å². The van der Waals surface area contributed by atoms with Crippen molar-refractivity contribution in [3.63, 3.8) is 0 Å². The zero-order valence-corrected chi connectivity index (χ0v) is 8.55. The van der Waals surface area contributed by atoms with Crippen LogP contribution >= 0.6 is 0 Å². The highest BCUT2D eigenvalue weighted by molar-refractivity contribution is 5.80. The number of hydrogen-bond donors (Lipinski definition) is 1. The molecule has 3 heteroatoms. The fourth-order valence-electron chi connectivity index (χ4n) is 1.62. The molecule has 3 rings (SSSR count). The van der Waals surface area contributed by atoms with Crippen molar-refractivity contribution in [3.05, 3.63) is 54.9 Å². The van der Waals surface area contributed by atoms with E-state index in [-0.39, 0.29) is 0 Å². The van der Waals surface area contributed by atoms with Gasteiger partial charge in [-0.1, -0.05) is 6.07 Å². The smallest absolute Gasteiger partial charge is 0.219 e. The average molecular weight is 210 g/mol. The second-order valence-electron chi connectivity index (χ2n) is 3.50. The number of aromatic amines is 1. The van der Waals surface area contributed by atoms with Gasteiger partial charge in [-0.3, -0.25) is 0 Å². The van der Waals surface area contributed by atoms with E-state index in [9.17, 15) is 0 Å². The first-order valence-corrected chi connectivity index (χ1v) is 5.08. The lowest BCUT2D eigenvalue weighted by Crippen LogP contribution is -1.86. The van der Waals surface area contributed by atoms with E-state index in [0.717, 1.165) is 16.7 Å². The van der Waals surface area contributed by atoms with Gasteiger partial charge in [0.15, 0.2) is 0 Å². The van der Waals surface area contributed by atoms with Gasteiger partial charge in [0, 0.05) is 29.4 Å². The van der Waals surface area contributed by atoms with E-state index in [0.29, 0.717) is 5.88 Å². The molecule has 0 amide bonds. The van der Waals surface area contributed by atoms with E-state index < -0.39 is 0 Å². The lowest BCUT2D eigenvalue weighted by atomic mass is 10.2. The van der Waals surface area contributed by atoms with E-state index in [4.69, 9.17) is 4.74 Å². The van der Waals surface area contributed by atoms with Crippen LogP contribution in [0.2, 0.25) is 0 Å². The third kappa shape index (κ3) is 1.63. The summed E-state index contributed by atoms with van der Waals surface area (Å²) in [5.74, 6) is 1.41. The number of ether oxygens (including phenoxy) is 1. The molecular weight excluding hydrogens is 200 g/mol. The Balaban J connectivity index is 1.94. The van der Waals surface area contributed by atoms with Gasteiger partial charge in [-0.2, -0.15) is 0 Å². The van der Waals surface area contributed by atoms with Crippen LogP contribution in [0.4, 0.5) is 0 Å². The molecular formula is C13H10N2O. The number of nitrogens with zero attached hydrogens (tertiary/aromatic N) is 1. The monoisotopic (exact) mass is 210 g/mol. The van der Waals surface area contributed by atoms with Gasteiger partial charge in [0.05, 0.1) is 0 Å². The van der Waals surface area contributed by atoms with Crippen LogP contribution in [0.5, 0.6) is 11.6 Å². The molecule has 0 atom stereocenters. The summed E-state index contributed by atoms with van der Waals surface area (Å²) in [5, 5.41) is 1.13. The Kier molecular flexibility index (Phi) is 2.07. The van der Waals surface area contributed by atoms with Gasteiger partial charge in [-0.05, 0) is 30.3 Å². The molecule has 0 aliphatic carbocycles. The quantitative estimate of drug-likeness (QED) is 0.704. The molecule has 78 valence electrons. The van der Waals surface area contributed by atoms with E-state index in [1.165, 1.54) is 0 Å². The Morgan fingerprint density at radius 3 is 2.94 bits per heavy atom. The number of hydrogen-bond acceptors (Lipinski definition) is 2. The van der Waals surface area contributed by atoms with Gasteiger partial charge in [-0.15, -0.1) is 0 Å². The molecule has 2 heterocycles. The largest absolute Gasteiger partial charge is 0.439 e. The minimum atomic E-state index is 0.609. The zero-order chi connectivity index (χ0) is 10.8. The highest BCUT2D eigenvalue weighted by Crippen LogP contribution is 2.23. The Labute approximate surface area is 92.7 Å². The van der Waals surface area contributed by atoms with Gasteiger partial charge >= 0.3 is 0 Å². The molecule has 1 N–H and O–H groups in total. The Hall–Kier alpha value is -2.29. The maximum Gasteiger partial charge on any atom is 0.219 e. The molecule has 16 heavy (non-hydrogen) atoms. The molecule has 0 unspecified atom stereocenters. The fraction of sp³-hybridized carbons (Fsp3) is 0. The lowest BCUT2D eigenvalue weighted by molar-refractivity contribution is 0.463. The number of H-pyrrole nitrogens is 1. The number of benzene rings is 1. The molecule has 2 aromatic heterocycles. The maximum atomic E-state index is 5.63. The van der Waals surface area contributed by atoms with Crippen molar-refractivity contribution in [2.24, 2.45) is 0 Å². The van der Waals surface area contributed by atoms with E-state index in [1.54, 1.807) is 6.20 Å². The standard InChI is InChI=1S/C13H10N2O/c1-2-7-15-13(3-1)16-11-4-5-12-10(9-11)6-8-14-12/h1-9,14H. The molecule has 0 saturated heterocycles. The molecule has 0 saturated carbocycles. The van der Waals surface area contributed by atoms with Crippen molar-refractivity contribution >= 4 is 10.9 Å². The summed E-state index contributed by atoms with van der Waals surface area (Å²) in [5.41, 5.74) is 1.10. The van der Waals surface area contributed by atoms with Crippen LogP contribution in [0, 0.1) is 0 Å². The molecule has 0 spiro atoms. The Morgan fingerprint density at radius 2 is 2.06 bits per heavy atom. The molecule has 0 bridgehead atoms. The highest BCUT2D eigenvalue weighted by Gasteiger charge is 1.99. The van der Waals surface area contributed by atoms with Crippen molar-refractivity contribution in [2.75, 3.05) is 0 Å². The molecule has 0 aliphatic rings. The first-order valence-electron chi connectivity index (χ1n) is 5.08. The molecule has 3 nitrogen and oxygen atoms in total. The second-order valence-corrected chi connectivity index (χ2v) is 3.50. The van der Waals surface area contributed by atoms with Gasteiger partial charge in [0.25, 0.3) is 0 Å². The summed E-state index contributed by atoms with van der Waals surface area (Å²) >= 11 is 0. The summed E-state index contributed by atoms with van der Waals surface area (Å²) in [6.07, 6.45) is 3.62. The number of rotatable bonds is 2. The number of fused-ring (bicyclic) bond motifs is 1. The number of pyridine rings is 1. The minimum absolute atomic E-state index is 0.609. The van der Waals surface area contributed by atoms with Crippen LogP contribution in [-0.4, -0.2) is 9.97 Å². The van der Waals surface area contributed by atoms with Crippen LogP contribution in [0.3, 0.4) is 0 Å². The second kappa shape index (κ2) is 3.70. The van der Waals surface area contributed by atoms with E-state index in [2.05, 4.69) is 9.97 Å². The van der Waals surface area contributed by atoms with Crippen LogP contribution in [0.1, 0.15) is 0 Å². The summed E-state index contributed by atoms with van der Waals surface area (Å²) in [6.45, 7) is 0. The first-order chi connectivity index (χ1) is 7.92. The van der Waals surface area contributed by atoms with Gasteiger partial charge in [0.1, 0.15) is 5.75 Å². The molecule has 1 aromatic carbocycles. The molecule has 0 aliphatic heterocycles. The topological polar surface area (TPSA) is 37.9 Å². The van der Waals surface area contributed by atoms with Crippen molar-refractivity contribution in [1.29, 1.82) is 0 Å². The zero-order valence-electron chi connectivity index (χ0n) is 8.55. The summed E-state index contributed by atoms with van der Waals surface area (Å²) in [7, 11) is 0. The Morgan fingerprint density at radius 1 is 1.06 bits per heavy atom. The number of aromatic nitrogens is 2. The normalized spacial score (nSPS) is 10.5. The Bertz CT molecular complexity index is 601. The van der Waals surface area contributed by atoms with Crippen molar-refractivity contribution < 1.29 is 4.74 Å². The van der Waals surface area contributed by atoms with Gasteiger partial charge in [-0.25, -0.2) is 4.98 Å². The molecule has 0 fully saturated rings. The average Bonchev–Trinajstić information content (AvgIpc) is 2.77. The molecule has 3 aromatic rings. The predicted octanol–water partition coefficient (Wildman–Crippen LogP) is 3.36. The summed E-state index contributed by atoms with van der Waals surface area (Å²) in [6, 6.07) is 13.5. The maximum absolute atomic E-state index is 5.63. The van der Waals surface area contributed by atoms with Crippen molar-refractivity contribution in [3.8, 4) is 11.6 Å². The fourth-order valence-corrected chi connectivity index (χ4v) is 1.62. The van der Waals surface area contributed by atoms with Crippen LogP contribution < -0.4 is 4.74 Å². The summed E-state index contributed by atoms with van der Waals surface area (Å²) in [4.78, 5) is 7.25. The lowest BCUT2D eigenvalue weighted by Gasteiger charge is -2.03. The number of nitrogens with one attached hydrogen (secondary N) is 1. The van der Waals surface area contributed by atoms with Gasteiger partial charge < -0.3 is 9.72 Å². The summed E-state index contributed by atoms with van der Waals surface area (Å²) < 4.78 is 5.63. The highest BCUT2D eigenvalue weighted by atomic mass is 16.5. The minimum Gasteiger partial charge on any atom is -0.439 e. The third-order valence-corrected chi connectivity index (χ3v) is 2.38.